The molecule has 27 heavy (non-hydrogen) atoms. The number of rotatable bonds is 4. The van der Waals surface area contributed by atoms with Crippen molar-refractivity contribution in [3.8, 4) is 0 Å². The predicted molar refractivity (Wildman–Crippen MR) is 101 cm³/mol. The first kappa shape index (κ1) is 19.2. The average Bonchev–Trinajstić information content (AvgIpc) is 2.88. The van der Waals surface area contributed by atoms with Crippen molar-refractivity contribution in [2.45, 2.75) is 52.1 Å². The molecule has 1 aliphatic rings. The Morgan fingerprint density at radius 2 is 2.04 bits per heavy atom. The number of nitrogens with zero attached hydrogens (tertiary/aromatic N) is 2. The monoisotopic (exact) mass is 373 g/mol. The van der Waals surface area contributed by atoms with Crippen LogP contribution in [0.2, 0.25) is 0 Å². The molecule has 0 aliphatic carbocycles. The van der Waals surface area contributed by atoms with Gasteiger partial charge in [0.1, 0.15) is 5.82 Å². The SMILES string of the molecule is CC[C@H]1O[C@@H](n2cc(C)c(NC(=O)c3ccccc3)nc2=O)[C@](C)(F)[C@@H]1C. The summed E-state index contributed by atoms with van der Waals surface area (Å²) in [6, 6.07) is 8.63. The quantitative estimate of drug-likeness (QED) is 0.891. The number of aryl methyl sites for hydroxylation is 1. The highest BCUT2D eigenvalue weighted by atomic mass is 19.1. The van der Waals surface area contributed by atoms with Crippen LogP contribution in [-0.2, 0) is 4.74 Å². The summed E-state index contributed by atoms with van der Waals surface area (Å²) >= 11 is 0. The molecule has 1 fully saturated rings. The molecule has 0 saturated carbocycles. The van der Waals surface area contributed by atoms with E-state index in [2.05, 4.69) is 10.3 Å². The number of halogens is 1. The highest BCUT2D eigenvalue weighted by Gasteiger charge is 2.52. The Hall–Kier alpha value is -2.54. The Balaban J connectivity index is 1.90. The zero-order valence-electron chi connectivity index (χ0n) is 15.9. The van der Waals surface area contributed by atoms with Crippen LogP contribution in [0.15, 0.2) is 41.3 Å². The van der Waals surface area contributed by atoms with E-state index in [0.29, 0.717) is 17.5 Å². The fraction of sp³-hybridized carbons (Fsp3) is 0.450. The van der Waals surface area contributed by atoms with Crippen molar-refractivity contribution >= 4 is 11.7 Å². The van der Waals surface area contributed by atoms with Gasteiger partial charge in [0, 0.05) is 23.2 Å². The maximum Gasteiger partial charge on any atom is 0.351 e. The number of alkyl halides is 1. The van der Waals surface area contributed by atoms with Crippen molar-refractivity contribution in [3.05, 3.63) is 58.1 Å². The summed E-state index contributed by atoms with van der Waals surface area (Å²) in [5.41, 5.74) is -1.36. The molecule has 2 aromatic rings. The fourth-order valence-corrected chi connectivity index (χ4v) is 3.42. The molecule has 1 aliphatic heterocycles. The van der Waals surface area contributed by atoms with Gasteiger partial charge in [-0.15, -0.1) is 0 Å². The molecule has 144 valence electrons. The van der Waals surface area contributed by atoms with E-state index < -0.39 is 17.6 Å². The minimum atomic E-state index is -1.70. The molecular weight excluding hydrogens is 349 g/mol. The van der Waals surface area contributed by atoms with E-state index in [-0.39, 0.29) is 23.7 Å². The number of carbonyl (C=O) groups is 1. The number of nitrogens with one attached hydrogen (secondary N) is 1. The van der Waals surface area contributed by atoms with Gasteiger partial charge in [-0.25, -0.2) is 9.18 Å². The lowest BCUT2D eigenvalue weighted by Crippen LogP contribution is -2.39. The number of hydrogen-bond acceptors (Lipinski definition) is 4. The Morgan fingerprint density at radius 1 is 1.37 bits per heavy atom. The molecule has 1 aromatic carbocycles. The van der Waals surface area contributed by atoms with Gasteiger partial charge in [0.15, 0.2) is 11.9 Å². The number of benzene rings is 1. The number of aromatic nitrogens is 2. The molecule has 0 spiro atoms. The highest BCUT2D eigenvalue weighted by molar-refractivity contribution is 6.03. The zero-order valence-corrected chi connectivity index (χ0v) is 15.9. The summed E-state index contributed by atoms with van der Waals surface area (Å²) in [6.07, 6.45) is 0.830. The number of hydrogen-bond donors (Lipinski definition) is 1. The third kappa shape index (κ3) is 3.51. The number of anilines is 1. The van der Waals surface area contributed by atoms with Crippen LogP contribution < -0.4 is 11.0 Å². The average molecular weight is 373 g/mol. The fourth-order valence-electron chi connectivity index (χ4n) is 3.42. The van der Waals surface area contributed by atoms with Crippen molar-refractivity contribution in [2.24, 2.45) is 5.92 Å². The molecule has 1 N–H and O–H groups in total. The van der Waals surface area contributed by atoms with Crippen molar-refractivity contribution in [3.63, 3.8) is 0 Å². The minimum Gasteiger partial charge on any atom is -0.351 e. The molecule has 1 aromatic heterocycles. The maximum absolute atomic E-state index is 15.3. The number of ether oxygens (including phenoxy) is 1. The van der Waals surface area contributed by atoms with Gasteiger partial charge < -0.3 is 10.1 Å². The molecule has 1 saturated heterocycles. The van der Waals surface area contributed by atoms with Crippen molar-refractivity contribution in [1.82, 2.24) is 9.55 Å². The Kier molecular flexibility index (Phi) is 5.15. The first-order chi connectivity index (χ1) is 12.8. The lowest BCUT2D eigenvalue weighted by molar-refractivity contribution is -0.0501. The third-order valence-electron chi connectivity index (χ3n) is 5.29. The number of amides is 1. The normalized spacial score (nSPS) is 27.5. The molecule has 3 rings (SSSR count). The van der Waals surface area contributed by atoms with Gasteiger partial charge in [-0.05, 0) is 32.4 Å². The molecule has 4 atom stereocenters. The first-order valence-electron chi connectivity index (χ1n) is 9.06. The smallest absolute Gasteiger partial charge is 0.351 e. The van der Waals surface area contributed by atoms with E-state index >= 15 is 4.39 Å². The first-order valence-corrected chi connectivity index (χ1v) is 9.06. The van der Waals surface area contributed by atoms with Crippen LogP contribution in [0.3, 0.4) is 0 Å². The van der Waals surface area contributed by atoms with Crippen LogP contribution in [0.5, 0.6) is 0 Å². The van der Waals surface area contributed by atoms with Crippen molar-refractivity contribution in [1.29, 1.82) is 0 Å². The van der Waals surface area contributed by atoms with Gasteiger partial charge in [-0.1, -0.05) is 32.0 Å². The highest BCUT2D eigenvalue weighted by Crippen LogP contribution is 2.45. The van der Waals surface area contributed by atoms with Crippen molar-refractivity contribution < 1.29 is 13.9 Å². The van der Waals surface area contributed by atoms with Crippen LogP contribution in [0.1, 0.15) is 49.3 Å². The Labute approximate surface area is 157 Å². The minimum absolute atomic E-state index is 0.156. The maximum atomic E-state index is 15.3. The summed E-state index contributed by atoms with van der Waals surface area (Å²) in [5, 5.41) is 2.64. The molecule has 7 heteroatoms. The Morgan fingerprint density at radius 3 is 2.63 bits per heavy atom. The zero-order chi connectivity index (χ0) is 19.8. The van der Waals surface area contributed by atoms with Gasteiger partial charge in [0.25, 0.3) is 5.91 Å². The van der Waals surface area contributed by atoms with Gasteiger partial charge in [0.2, 0.25) is 0 Å². The van der Waals surface area contributed by atoms with Crippen LogP contribution in [0.25, 0.3) is 0 Å². The standard InChI is InChI=1S/C20H24FN3O3/c1-5-15-13(3)20(4,21)18(27-15)24-11-12(2)16(23-19(24)26)22-17(25)14-9-7-6-8-10-14/h6-11,13,15,18H,5H2,1-4H3,(H,22,23,25,26)/t13-,15-,18-,20-/m1/s1. The molecule has 0 radical (unpaired) electrons. The Bertz CT molecular complexity index is 895. The van der Waals surface area contributed by atoms with Gasteiger partial charge in [0.05, 0.1) is 6.10 Å². The van der Waals surface area contributed by atoms with E-state index in [1.807, 2.05) is 13.0 Å². The van der Waals surface area contributed by atoms with Crippen molar-refractivity contribution in [2.75, 3.05) is 5.32 Å². The molecule has 6 nitrogen and oxygen atoms in total. The third-order valence-corrected chi connectivity index (χ3v) is 5.29. The second-order valence-corrected chi connectivity index (χ2v) is 7.16. The van der Waals surface area contributed by atoms with Crippen LogP contribution in [0, 0.1) is 12.8 Å². The summed E-state index contributed by atoms with van der Waals surface area (Å²) in [6.45, 7) is 6.86. The van der Waals surface area contributed by atoms with Gasteiger partial charge in [-0.2, -0.15) is 4.98 Å². The van der Waals surface area contributed by atoms with E-state index in [4.69, 9.17) is 4.74 Å². The summed E-state index contributed by atoms with van der Waals surface area (Å²) in [5.74, 6) is -0.559. The predicted octanol–water partition coefficient (Wildman–Crippen LogP) is 3.48. The van der Waals surface area contributed by atoms with Gasteiger partial charge >= 0.3 is 5.69 Å². The summed E-state index contributed by atoms with van der Waals surface area (Å²) < 4.78 is 22.2. The second-order valence-electron chi connectivity index (χ2n) is 7.16. The molecule has 0 unspecified atom stereocenters. The molecule has 0 bridgehead atoms. The molecule has 2 heterocycles. The lowest BCUT2D eigenvalue weighted by atomic mass is 9.88. The van der Waals surface area contributed by atoms with E-state index in [1.165, 1.54) is 17.7 Å². The molecular formula is C20H24FN3O3. The van der Waals surface area contributed by atoms with E-state index in [0.717, 1.165) is 0 Å². The van der Waals surface area contributed by atoms with Crippen LogP contribution in [0.4, 0.5) is 10.2 Å². The number of carbonyl (C=O) groups excluding carboxylic acids is 1. The summed E-state index contributed by atoms with van der Waals surface area (Å²) in [7, 11) is 0. The molecule has 1 amide bonds. The largest absolute Gasteiger partial charge is 0.351 e. The van der Waals surface area contributed by atoms with E-state index in [9.17, 15) is 9.59 Å². The van der Waals surface area contributed by atoms with E-state index in [1.54, 1.807) is 38.1 Å². The topological polar surface area (TPSA) is 73.2 Å². The van der Waals surface area contributed by atoms with Crippen LogP contribution >= 0.6 is 0 Å². The van der Waals surface area contributed by atoms with Gasteiger partial charge in [-0.3, -0.25) is 9.36 Å². The second kappa shape index (κ2) is 7.23. The summed E-state index contributed by atoms with van der Waals surface area (Å²) in [4.78, 5) is 28.8. The lowest BCUT2D eigenvalue weighted by Gasteiger charge is -2.26. The van der Waals surface area contributed by atoms with Crippen LogP contribution in [-0.4, -0.2) is 27.2 Å².